The third-order valence-electron chi connectivity index (χ3n) is 3.00. The molecule has 0 radical (unpaired) electrons. The molecule has 3 N–H and O–H groups in total. The van der Waals surface area contributed by atoms with Crippen LogP contribution >= 0.6 is 15.9 Å². The van der Waals surface area contributed by atoms with Gasteiger partial charge in [0.2, 0.25) is 5.91 Å². The Hall–Kier alpha value is -1.53. The molecular formula is C13H14BrN3O2. The number of amides is 2. The van der Waals surface area contributed by atoms with Crippen LogP contribution in [-0.4, -0.2) is 23.7 Å². The van der Waals surface area contributed by atoms with Gasteiger partial charge in [0.1, 0.15) is 11.8 Å². The van der Waals surface area contributed by atoms with Crippen molar-refractivity contribution in [2.24, 2.45) is 10.7 Å². The summed E-state index contributed by atoms with van der Waals surface area (Å²) in [7, 11) is 0. The van der Waals surface area contributed by atoms with Crippen molar-refractivity contribution in [3.63, 3.8) is 0 Å². The summed E-state index contributed by atoms with van der Waals surface area (Å²) in [5.74, 6) is -1.52. The SMILES string of the molecule is CCC(N)C1=NC(=O)C(c2ccccc2Br)C(=O)N1. The molecule has 6 heteroatoms. The zero-order valence-electron chi connectivity index (χ0n) is 10.4. The number of amidine groups is 1. The van der Waals surface area contributed by atoms with E-state index in [1.54, 1.807) is 18.2 Å². The minimum absolute atomic E-state index is 0.251. The maximum Gasteiger partial charge on any atom is 0.264 e. The summed E-state index contributed by atoms with van der Waals surface area (Å²) in [5, 5.41) is 2.62. The Bertz CT molecular complexity index is 557. The molecule has 2 amide bonds. The van der Waals surface area contributed by atoms with E-state index in [-0.39, 0.29) is 11.7 Å². The van der Waals surface area contributed by atoms with Crippen molar-refractivity contribution < 1.29 is 9.59 Å². The summed E-state index contributed by atoms with van der Waals surface area (Å²) in [6, 6.07) is 6.69. The van der Waals surface area contributed by atoms with Crippen molar-refractivity contribution in [3.05, 3.63) is 34.3 Å². The van der Waals surface area contributed by atoms with Gasteiger partial charge >= 0.3 is 0 Å². The standard InChI is InChI=1S/C13H14BrN3O2/c1-2-9(15)11-16-12(18)10(13(19)17-11)7-5-3-4-6-8(7)14/h3-6,9-10H,2,15H2,1H3,(H,16,17,18,19). The number of aliphatic imine (C=N–C) groups is 1. The summed E-state index contributed by atoms with van der Waals surface area (Å²) in [4.78, 5) is 28.1. The molecule has 1 aliphatic heterocycles. The summed E-state index contributed by atoms with van der Waals surface area (Å²) in [6.45, 7) is 1.86. The van der Waals surface area contributed by atoms with Crippen molar-refractivity contribution in [3.8, 4) is 0 Å². The lowest BCUT2D eigenvalue weighted by Crippen LogP contribution is -2.50. The zero-order valence-corrected chi connectivity index (χ0v) is 12.0. The topological polar surface area (TPSA) is 84.5 Å². The van der Waals surface area contributed by atoms with Crippen molar-refractivity contribution in [2.45, 2.75) is 25.3 Å². The van der Waals surface area contributed by atoms with Crippen LogP contribution in [0.2, 0.25) is 0 Å². The zero-order chi connectivity index (χ0) is 14.0. The summed E-state index contributed by atoms with van der Waals surface area (Å²) in [5.41, 5.74) is 6.39. The lowest BCUT2D eigenvalue weighted by atomic mass is 9.95. The lowest BCUT2D eigenvalue weighted by Gasteiger charge is -2.23. The molecular weight excluding hydrogens is 310 g/mol. The molecule has 0 saturated heterocycles. The number of halogens is 1. The van der Waals surface area contributed by atoms with Gasteiger partial charge in [-0.05, 0) is 18.1 Å². The molecule has 5 nitrogen and oxygen atoms in total. The van der Waals surface area contributed by atoms with Crippen LogP contribution in [0.15, 0.2) is 33.7 Å². The van der Waals surface area contributed by atoms with Gasteiger partial charge in [-0.1, -0.05) is 41.1 Å². The van der Waals surface area contributed by atoms with E-state index >= 15 is 0 Å². The fourth-order valence-corrected chi connectivity index (χ4v) is 2.39. The number of carbonyl (C=O) groups excluding carboxylic acids is 2. The van der Waals surface area contributed by atoms with Crippen molar-refractivity contribution in [2.75, 3.05) is 0 Å². The molecule has 1 aliphatic rings. The van der Waals surface area contributed by atoms with E-state index in [9.17, 15) is 9.59 Å². The molecule has 0 fully saturated rings. The van der Waals surface area contributed by atoms with E-state index in [0.29, 0.717) is 16.5 Å². The fourth-order valence-electron chi connectivity index (χ4n) is 1.87. The molecule has 0 spiro atoms. The van der Waals surface area contributed by atoms with Crippen LogP contribution in [0.25, 0.3) is 0 Å². The second-order valence-corrected chi connectivity index (χ2v) is 5.15. The first kappa shape index (κ1) is 13.9. The lowest BCUT2D eigenvalue weighted by molar-refractivity contribution is -0.129. The first-order chi connectivity index (χ1) is 9.04. The van der Waals surface area contributed by atoms with Crippen LogP contribution in [0.3, 0.4) is 0 Å². The normalized spacial score (nSPS) is 20.8. The highest BCUT2D eigenvalue weighted by molar-refractivity contribution is 9.10. The Morgan fingerprint density at radius 3 is 2.68 bits per heavy atom. The Balaban J connectivity index is 2.36. The quantitative estimate of drug-likeness (QED) is 0.823. The molecule has 1 heterocycles. The van der Waals surface area contributed by atoms with E-state index in [4.69, 9.17) is 5.73 Å². The van der Waals surface area contributed by atoms with Gasteiger partial charge in [0.15, 0.2) is 0 Å². The van der Waals surface area contributed by atoms with Crippen molar-refractivity contribution in [1.29, 1.82) is 0 Å². The van der Waals surface area contributed by atoms with Crippen LogP contribution in [0.4, 0.5) is 0 Å². The van der Waals surface area contributed by atoms with Gasteiger partial charge < -0.3 is 11.1 Å². The van der Waals surface area contributed by atoms with Crippen molar-refractivity contribution in [1.82, 2.24) is 5.32 Å². The number of nitrogens with one attached hydrogen (secondary N) is 1. The Morgan fingerprint density at radius 1 is 1.42 bits per heavy atom. The number of rotatable bonds is 3. The highest BCUT2D eigenvalue weighted by atomic mass is 79.9. The first-order valence-electron chi connectivity index (χ1n) is 5.98. The summed E-state index contributed by atoms with van der Waals surface area (Å²) in [6.07, 6.45) is 0.603. The molecule has 0 aliphatic carbocycles. The second kappa shape index (κ2) is 5.63. The third kappa shape index (κ3) is 2.74. The monoisotopic (exact) mass is 323 g/mol. The molecule has 19 heavy (non-hydrogen) atoms. The molecule has 2 rings (SSSR count). The number of nitrogens with zero attached hydrogens (tertiary/aromatic N) is 1. The minimum atomic E-state index is -0.914. The maximum absolute atomic E-state index is 12.1. The Labute approximate surface area is 119 Å². The first-order valence-corrected chi connectivity index (χ1v) is 6.77. The van der Waals surface area contributed by atoms with Gasteiger partial charge in [-0.25, -0.2) is 0 Å². The molecule has 0 saturated carbocycles. The average molecular weight is 324 g/mol. The van der Waals surface area contributed by atoms with Crippen LogP contribution in [0.1, 0.15) is 24.8 Å². The van der Waals surface area contributed by atoms with E-state index < -0.39 is 17.9 Å². The predicted molar refractivity (Wildman–Crippen MR) is 75.7 cm³/mol. The number of carbonyl (C=O) groups is 2. The van der Waals surface area contributed by atoms with Gasteiger partial charge in [-0.3, -0.25) is 9.59 Å². The van der Waals surface area contributed by atoms with Gasteiger partial charge in [-0.15, -0.1) is 0 Å². The molecule has 2 unspecified atom stereocenters. The third-order valence-corrected chi connectivity index (χ3v) is 3.72. The van der Waals surface area contributed by atoms with Crippen LogP contribution in [-0.2, 0) is 9.59 Å². The van der Waals surface area contributed by atoms with E-state index in [1.807, 2.05) is 13.0 Å². The van der Waals surface area contributed by atoms with Gasteiger partial charge in [0.05, 0.1) is 6.04 Å². The molecule has 1 aromatic carbocycles. The predicted octanol–water partition coefficient (Wildman–Crippen LogP) is 1.32. The highest BCUT2D eigenvalue weighted by Crippen LogP contribution is 2.27. The molecule has 0 bridgehead atoms. The average Bonchev–Trinajstić information content (AvgIpc) is 2.39. The largest absolute Gasteiger partial charge is 0.321 e. The summed E-state index contributed by atoms with van der Waals surface area (Å²) >= 11 is 3.34. The van der Waals surface area contributed by atoms with Gasteiger partial charge in [0, 0.05) is 4.47 Å². The van der Waals surface area contributed by atoms with Gasteiger partial charge in [-0.2, -0.15) is 4.99 Å². The summed E-state index contributed by atoms with van der Waals surface area (Å²) < 4.78 is 0.710. The maximum atomic E-state index is 12.1. The van der Waals surface area contributed by atoms with Crippen LogP contribution < -0.4 is 11.1 Å². The Morgan fingerprint density at radius 2 is 2.11 bits per heavy atom. The second-order valence-electron chi connectivity index (χ2n) is 4.29. The molecule has 1 aromatic rings. The number of hydrogen-bond donors (Lipinski definition) is 2. The number of hydrogen-bond acceptors (Lipinski definition) is 3. The van der Waals surface area contributed by atoms with Gasteiger partial charge in [0.25, 0.3) is 5.91 Å². The molecule has 100 valence electrons. The highest BCUT2D eigenvalue weighted by Gasteiger charge is 2.35. The number of nitrogens with two attached hydrogens (primary N) is 1. The fraction of sp³-hybridized carbons (Fsp3) is 0.308. The minimum Gasteiger partial charge on any atom is -0.321 e. The van der Waals surface area contributed by atoms with E-state index in [1.165, 1.54) is 0 Å². The van der Waals surface area contributed by atoms with Crippen molar-refractivity contribution >= 4 is 33.6 Å². The smallest absolute Gasteiger partial charge is 0.264 e. The Kier molecular flexibility index (Phi) is 4.11. The molecule has 0 aromatic heterocycles. The van der Waals surface area contributed by atoms with E-state index in [2.05, 4.69) is 26.2 Å². The van der Waals surface area contributed by atoms with E-state index in [0.717, 1.165) is 0 Å². The number of benzene rings is 1. The van der Waals surface area contributed by atoms with Crippen LogP contribution in [0, 0.1) is 0 Å². The molecule has 2 atom stereocenters. The van der Waals surface area contributed by atoms with Crippen LogP contribution in [0.5, 0.6) is 0 Å².